The average molecular weight is 351 g/mol. The minimum absolute atomic E-state index is 0.0116. The van der Waals surface area contributed by atoms with Crippen LogP contribution in [0.15, 0.2) is 22.8 Å². The van der Waals surface area contributed by atoms with Gasteiger partial charge in [0, 0.05) is 18.7 Å². The molecular formula is C19H23F2NO3. The van der Waals surface area contributed by atoms with Gasteiger partial charge in [-0.2, -0.15) is 0 Å². The number of nitrogens with zero attached hydrogens (tertiary/aromatic N) is 1. The van der Waals surface area contributed by atoms with E-state index in [1.807, 2.05) is 27.7 Å². The topological polar surface area (TPSA) is 42.7 Å². The van der Waals surface area contributed by atoms with E-state index in [9.17, 15) is 13.6 Å². The predicted octanol–water partition coefficient (Wildman–Crippen LogP) is 5.07. The molecule has 3 rings (SSSR count). The van der Waals surface area contributed by atoms with Crippen molar-refractivity contribution in [2.75, 3.05) is 13.1 Å². The molecule has 136 valence electrons. The molecule has 25 heavy (non-hydrogen) atoms. The molecule has 2 aromatic rings. The molecule has 1 aliphatic rings. The van der Waals surface area contributed by atoms with Gasteiger partial charge in [0.1, 0.15) is 11.2 Å². The highest BCUT2D eigenvalue weighted by atomic mass is 19.2. The Bertz CT molecular complexity index is 794. The van der Waals surface area contributed by atoms with Crippen molar-refractivity contribution in [2.45, 2.75) is 45.6 Å². The number of fused-ring (bicyclic) bond motifs is 1. The minimum atomic E-state index is -0.883. The van der Waals surface area contributed by atoms with E-state index < -0.39 is 17.2 Å². The molecule has 1 fully saturated rings. The molecule has 0 radical (unpaired) electrons. The van der Waals surface area contributed by atoms with Crippen molar-refractivity contribution >= 4 is 17.1 Å². The lowest BCUT2D eigenvalue weighted by molar-refractivity contribution is 0.0155. The normalized spacial score (nSPS) is 21.6. The third-order valence-electron chi connectivity index (χ3n) is 4.61. The van der Waals surface area contributed by atoms with Gasteiger partial charge >= 0.3 is 6.09 Å². The summed E-state index contributed by atoms with van der Waals surface area (Å²) in [7, 11) is 0. The third kappa shape index (κ3) is 3.48. The Kier molecular flexibility index (Phi) is 4.47. The average Bonchev–Trinajstić information content (AvgIpc) is 2.99. The van der Waals surface area contributed by atoms with Crippen LogP contribution in [0.2, 0.25) is 0 Å². The first-order valence-corrected chi connectivity index (χ1v) is 8.50. The minimum Gasteiger partial charge on any atom is -0.464 e. The first-order chi connectivity index (χ1) is 11.7. The summed E-state index contributed by atoms with van der Waals surface area (Å²) in [4.78, 5) is 13.9. The summed E-state index contributed by atoms with van der Waals surface area (Å²) in [5, 5.41) is 0.164. The van der Waals surface area contributed by atoms with Crippen molar-refractivity contribution < 1.29 is 22.7 Å². The van der Waals surface area contributed by atoms with Crippen LogP contribution in [0.5, 0.6) is 0 Å². The van der Waals surface area contributed by atoms with Gasteiger partial charge in [-0.25, -0.2) is 13.6 Å². The van der Waals surface area contributed by atoms with Gasteiger partial charge in [0.2, 0.25) is 0 Å². The Morgan fingerprint density at radius 3 is 2.72 bits per heavy atom. The molecule has 2 atom stereocenters. The van der Waals surface area contributed by atoms with E-state index in [4.69, 9.17) is 9.15 Å². The van der Waals surface area contributed by atoms with Crippen LogP contribution in [0, 0.1) is 17.6 Å². The van der Waals surface area contributed by atoms with Gasteiger partial charge in [0.15, 0.2) is 11.6 Å². The third-order valence-corrected chi connectivity index (χ3v) is 4.61. The number of benzene rings is 1. The van der Waals surface area contributed by atoms with Crippen LogP contribution in [0.1, 0.15) is 45.6 Å². The first kappa shape index (κ1) is 17.7. The molecule has 6 heteroatoms. The summed E-state index contributed by atoms with van der Waals surface area (Å²) in [5.41, 5.74) is 0.508. The number of hydrogen-bond acceptors (Lipinski definition) is 3. The molecule has 0 unspecified atom stereocenters. The zero-order chi connectivity index (χ0) is 18.4. The van der Waals surface area contributed by atoms with Crippen molar-refractivity contribution in [2.24, 2.45) is 5.92 Å². The predicted molar refractivity (Wildman–Crippen MR) is 90.5 cm³/mol. The maximum Gasteiger partial charge on any atom is 0.410 e. The fourth-order valence-corrected chi connectivity index (χ4v) is 3.48. The van der Waals surface area contributed by atoms with Crippen LogP contribution < -0.4 is 0 Å². The molecule has 1 aromatic carbocycles. The van der Waals surface area contributed by atoms with E-state index >= 15 is 0 Å². The van der Waals surface area contributed by atoms with Crippen molar-refractivity contribution in [3.05, 3.63) is 35.6 Å². The highest BCUT2D eigenvalue weighted by molar-refractivity contribution is 5.82. The zero-order valence-corrected chi connectivity index (χ0v) is 14.9. The van der Waals surface area contributed by atoms with Gasteiger partial charge in [0.25, 0.3) is 0 Å². The number of carbonyl (C=O) groups excluding carboxylic acids is 1. The van der Waals surface area contributed by atoms with Crippen molar-refractivity contribution in [1.82, 2.24) is 4.90 Å². The second-order valence-corrected chi connectivity index (χ2v) is 7.72. The molecule has 0 saturated carbocycles. The standard InChI is InChI=1S/C19H23F2NO3/c1-11-10-22(18(23)25-19(2,3)4)7-5-12(11)14-9-15(20)16(21)13-6-8-24-17(13)14/h6,8-9,11-12H,5,7,10H2,1-4H3/t11-,12+/m1/s1. The highest BCUT2D eigenvalue weighted by Crippen LogP contribution is 2.38. The van der Waals surface area contributed by atoms with Crippen LogP contribution >= 0.6 is 0 Å². The number of amides is 1. The quantitative estimate of drug-likeness (QED) is 0.720. The van der Waals surface area contributed by atoms with Gasteiger partial charge < -0.3 is 14.1 Å². The molecule has 0 aliphatic carbocycles. The molecule has 4 nitrogen and oxygen atoms in total. The Balaban J connectivity index is 1.82. The van der Waals surface area contributed by atoms with Gasteiger partial charge in [-0.3, -0.25) is 0 Å². The Morgan fingerprint density at radius 2 is 2.08 bits per heavy atom. The van der Waals surface area contributed by atoms with Crippen LogP contribution in [0.3, 0.4) is 0 Å². The van der Waals surface area contributed by atoms with Gasteiger partial charge in [0.05, 0.1) is 11.6 Å². The Hall–Kier alpha value is -2.11. The second-order valence-electron chi connectivity index (χ2n) is 7.72. The van der Waals surface area contributed by atoms with Crippen molar-refractivity contribution in [3.8, 4) is 0 Å². The largest absolute Gasteiger partial charge is 0.464 e. The first-order valence-electron chi connectivity index (χ1n) is 8.50. The van der Waals surface area contributed by atoms with Crippen LogP contribution in [0.25, 0.3) is 11.0 Å². The summed E-state index contributed by atoms with van der Waals surface area (Å²) in [6.07, 6.45) is 1.67. The Morgan fingerprint density at radius 1 is 1.36 bits per heavy atom. The second kappa shape index (κ2) is 6.32. The number of furan rings is 1. The van der Waals surface area contributed by atoms with Crippen LogP contribution in [-0.2, 0) is 4.74 Å². The van der Waals surface area contributed by atoms with E-state index in [1.165, 1.54) is 18.4 Å². The molecule has 1 aromatic heterocycles. The van der Waals surface area contributed by atoms with Crippen molar-refractivity contribution in [3.63, 3.8) is 0 Å². The maximum absolute atomic E-state index is 14.0. The molecule has 0 bridgehead atoms. The molecule has 1 amide bonds. The van der Waals surface area contributed by atoms with E-state index in [1.54, 1.807) is 4.90 Å². The van der Waals surface area contributed by atoms with Gasteiger partial charge in [-0.15, -0.1) is 0 Å². The summed E-state index contributed by atoms with van der Waals surface area (Å²) >= 11 is 0. The molecule has 0 spiro atoms. The lowest BCUT2D eigenvalue weighted by Crippen LogP contribution is -2.44. The Labute approximate surface area is 145 Å². The number of piperidine rings is 1. The number of hydrogen-bond donors (Lipinski definition) is 0. The zero-order valence-electron chi connectivity index (χ0n) is 14.9. The van der Waals surface area contributed by atoms with E-state index in [0.29, 0.717) is 30.7 Å². The summed E-state index contributed by atoms with van der Waals surface area (Å²) in [6, 6.07) is 2.67. The SMILES string of the molecule is C[C@@H]1CN(C(=O)OC(C)(C)C)CC[C@@H]1c1cc(F)c(F)c2ccoc12. The number of likely N-dealkylation sites (tertiary alicyclic amines) is 1. The van der Waals surface area contributed by atoms with Gasteiger partial charge in [-0.1, -0.05) is 6.92 Å². The van der Waals surface area contributed by atoms with E-state index in [2.05, 4.69) is 0 Å². The maximum atomic E-state index is 14.0. The van der Waals surface area contributed by atoms with Crippen LogP contribution in [-0.4, -0.2) is 29.7 Å². The summed E-state index contributed by atoms with van der Waals surface area (Å²) < 4.78 is 38.7. The number of rotatable bonds is 1. The molecular weight excluding hydrogens is 328 g/mol. The lowest BCUT2D eigenvalue weighted by atomic mass is 9.81. The number of carbonyl (C=O) groups is 1. The van der Waals surface area contributed by atoms with Crippen LogP contribution in [0.4, 0.5) is 13.6 Å². The molecule has 1 aliphatic heterocycles. The van der Waals surface area contributed by atoms with Gasteiger partial charge in [-0.05, 0) is 51.2 Å². The summed E-state index contributed by atoms with van der Waals surface area (Å²) in [5.74, 6) is -1.70. The molecule has 1 saturated heterocycles. The fourth-order valence-electron chi connectivity index (χ4n) is 3.48. The summed E-state index contributed by atoms with van der Waals surface area (Å²) in [6.45, 7) is 8.49. The highest BCUT2D eigenvalue weighted by Gasteiger charge is 2.34. The molecule has 2 heterocycles. The number of halogens is 2. The van der Waals surface area contributed by atoms with E-state index in [0.717, 1.165) is 0 Å². The lowest BCUT2D eigenvalue weighted by Gasteiger charge is -2.37. The monoisotopic (exact) mass is 351 g/mol. The molecule has 0 N–H and O–H groups in total. The van der Waals surface area contributed by atoms with Crippen molar-refractivity contribution in [1.29, 1.82) is 0 Å². The fraction of sp³-hybridized carbons (Fsp3) is 0.526. The smallest absolute Gasteiger partial charge is 0.410 e. The van der Waals surface area contributed by atoms with E-state index in [-0.39, 0.29) is 23.3 Å². The number of ether oxygens (including phenoxy) is 1.